The van der Waals surface area contributed by atoms with Gasteiger partial charge in [0.25, 0.3) is 0 Å². The van der Waals surface area contributed by atoms with E-state index in [0.717, 1.165) is 19.3 Å². The van der Waals surface area contributed by atoms with Crippen molar-refractivity contribution in [1.29, 1.82) is 0 Å². The number of carbonyl (C=O) groups is 1. The first-order valence-electron chi connectivity index (χ1n) is 6.81. The molecule has 1 unspecified atom stereocenters. The average molecular weight is 344 g/mol. The number of rotatable bonds is 3. The minimum Gasteiger partial charge on any atom is -0.478 e. The molecule has 0 amide bonds. The van der Waals surface area contributed by atoms with Crippen LogP contribution in [0.1, 0.15) is 49.9 Å². The quantitative estimate of drug-likeness (QED) is 0.838. The van der Waals surface area contributed by atoms with Crippen molar-refractivity contribution in [3.05, 3.63) is 28.0 Å². The normalized spacial score (nSPS) is 21.5. The molecule has 0 spiro atoms. The van der Waals surface area contributed by atoms with Crippen molar-refractivity contribution in [1.82, 2.24) is 0 Å². The topological polar surface area (TPSA) is 49.3 Å². The van der Waals surface area contributed by atoms with E-state index in [1.165, 1.54) is 18.6 Å². The van der Waals surface area contributed by atoms with Gasteiger partial charge in [-0.05, 0) is 46.3 Å². The number of hydrogen-bond donors (Lipinski definition) is 2. The average Bonchev–Trinajstić information content (AvgIpc) is 2.36. The van der Waals surface area contributed by atoms with Crippen LogP contribution in [-0.2, 0) is 0 Å². The van der Waals surface area contributed by atoms with Gasteiger partial charge in [-0.3, -0.25) is 0 Å². The van der Waals surface area contributed by atoms with Crippen LogP contribution < -0.4 is 5.32 Å². The van der Waals surface area contributed by atoms with Crippen LogP contribution in [0.5, 0.6) is 0 Å². The monoisotopic (exact) mass is 343 g/mol. The Morgan fingerprint density at radius 2 is 2.15 bits per heavy atom. The number of aromatic carboxylic acids is 1. The van der Waals surface area contributed by atoms with E-state index in [1.54, 1.807) is 0 Å². The van der Waals surface area contributed by atoms with Crippen LogP contribution in [0.4, 0.5) is 10.1 Å². The minimum absolute atomic E-state index is 0.00335. The third-order valence-corrected chi connectivity index (χ3v) is 4.92. The Labute approximate surface area is 126 Å². The molecule has 1 aromatic rings. The Morgan fingerprint density at radius 3 is 2.75 bits per heavy atom. The molecule has 1 aliphatic rings. The fourth-order valence-electron chi connectivity index (χ4n) is 2.78. The van der Waals surface area contributed by atoms with Crippen molar-refractivity contribution in [3.63, 3.8) is 0 Å². The van der Waals surface area contributed by atoms with Crippen LogP contribution in [0.25, 0.3) is 0 Å². The molecule has 1 saturated carbocycles. The smallest absolute Gasteiger partial charge is 0.336 e. The van der Waals surface area contributed by atoms with Gasteiger partial charge in [0.15, 0.2) is 5.82 Å². The van der Waals surface area contributed by atoms with Crippen molar-refractivity contribution >= 4 is 27.6 Å². The fraction of sp³-hybridized carbons (Fsp3) is 0.533. The summed E-state index contributed by atoms with van der Waals surface area (Å²) in [6, 6.07) is 3.13. The lowest BCUT2D eigenvalue weighted by Crippen LogP contribution is -2.39. The molecule has 110 valence electrons. The zero-order chi connectivity index (χ0) is 14.9. The molecule has 3 nitrogen and oxygen atoms in total. The number of hydrogen-bond acceptors (Lipinski definition) is 2. The lowest BCUT2D eigenvalue weighted by molar-refractivity contribution is 0.0695. The molecule has 0 aliphatic heterocycles. The third-order valence-electron chi connectivity index (χ3n) is 4.15. The van der Waals surface area contributed by atoms with Gasteiger partial charge in [-0.1, -0.05) is 26.7 Å². The summed E-state index contributed by atoms with van der Waals surface area (Å²) in [4.78, 5) is 11.0. The van der Waals surface area contributed by atoms with E-state index in [1.807, 2.05) is 0 Å². The number of nitrogens with one attached hydrogen (secondary N) is 1. The number of carboxylic acids is 1. The Balaban J connectivity index is 2.26. The highest BCUT2D eigenvalue weighted by molar-refractivity contribution is 9.10. The van der Waals surface area contributed by atoms with Gasteiger partial charge in [-0.25, -0.2) is 9.18 Å². The van der Waals surface area contributed by atoms with E-state index in [4.69, 9.17) is 5.11 Å². The maximum atomic E-state index is 14.3. The van der Waals surface area contributed by atoms with Gasteiger partial charge in [0.1, 0.15) is 0 Å². The van der Waals surface area contributed by atoms with Gasteiger partial charge < -0.3 is 10.4 Å². The van der Waals surface area contributed by atoms with Crippen LogP contribution in [0.3, 0.4) is 0 Å². The second kappa shape index (κ2) is 5.72. The second-order valence-electron chi connectivity index (χ2n) is 6.03. The Morgan fingerprint density at radius 1 is 1.45 bits per heavy atom. The summed E-state index contributed by atoms with van der Waals surface area (Å²) in [7, 11) is 0. The first-order valence-corrected chi connectivity index (χ1v) is 7.60. The molecule has 0 saturated heterocycles. The number of benzene rings is 1. The summed E-state index contributed by atoms with van der Waals surface area (Å²) in [5, 5.41) is 12.2. The van der Waals surface area contributed by atoms with Crippen LogP contribution in [0.2, 0.25) is 0 Å². The first kappa shape index (κ1) is 15.3. The highest BCUT2D eigenvalue weighted by atomic mass is 79.9. The van der Waals surface area contributed by atoms with Gasteiger partial charge in [0.05, 0.1) is 15.7 Å². The van der Waals surface area contributed by atoms with Gasteiger partial charge in [-0.15, -0.1) is 0 Å². The molecule has 20 heavy (non-hydrogen) atoms. The van der Waals surface area contributed by atoms with Crippen molar-refractivity contribution in [2.24, 2.45) is 5.41 Å². The Kier molecular flexibility index (Phi) is 4.37. The molecule has 2 N–H and O–H groups in total. The summed E-state index contributed by atoms with van der Waals surface area (Å²) in [5.74, 6) is -1.67. The zero-order valence-electron chi connectivity index (χ0n) is 11.7. The van der Waals surface area contributed by atoms with Crippen LogP contribution in [0.15, 0.2) is 16.6 Å². The van der Waals surface area contributed by atoms with E-state index in [9.17, 15) is 9.18 Å². The predicted molar refractivity (Wildman–Crippen MR) is 80.7 cm³/mol. The molecule has 0 aromatic heterocycles. The number of anilines is 1. The van der Waals surface area contributed by atoms with Crippen molar-refractivity contribution in [3.8, 4) is 0 Å². The third kappa shape index (κ3) is 2.97. The lowest BCUT2D eigenvalue weighted by atomic mass is 9.73. The highest BCUT2D eigenvalue weighted by Gasteiger charge is 2.32. The summed E-state index contributed by atoms with van der Waals surface area (Å²) in [6.45, 7) is 4.37. The van der Waals surface area contributed by atoms with Gasteiger partial charge >= 0.3 is 5.97 Å². The molecule has 0 bridgehead atoms. The molecule has 1 aromatic carbocycles. The molecule has 0 heterocycles. The standard InChI is InChI=1S/C15H19BrFNO2/c1-15(2)8-4-3-5-11(15)18-10-7-6-9(14(19)20)12(16)13(10)17/h6-7,11,18H,3-5,8H2,1-2H3,(H,19,20). The van der Waals surface area contributed by atoms with Gasteiger partial charge in [0.2, 0.25) is 0 Å². The molecule has 5 heteroatoms. The zero-order valence-corrected chi connectivity index (χ0v) is 13.3. The van der Waals surface area contributed by atoms with E-state index < -0.39 is 11.8 Å². The Hall–Kier alpha value is -1.10. The predicted octanol–water partition coefficient (Wildman–Crippen LogP) is 4.67. The summed E-state index contributed by atoms with van der Waals surface area (Å²) in [6.07, 6.45) is 4.46. The van der Waals surface area contributed by atoms with Gasteiger partial charge in [0, 0.05) is 6.04 Å². The van der Waals surface area contributed by atoms with Gasteiger partial charge in [-0.2, -0.15) is 0 Å². The largest absolute Gasteiger partial charge is 0.478 e. The van der Waals surface area contributed by atoms with Crippen LogP contribution >= 0.6 is 15.9 Å². The molecule has 0 radical (unpaired) electrons. The maximum Gasteiger partial charge on any atom is 0.336 e. The highest BCUT2D eigenvalue weighted by Crippen LogP contribution is 2.38. The molecule has 1 fully saturated rings. The van der Waals surface area contributed by atoms with Crippen LogP contribution in [0, 0.1) is 11.2 Å². The fourth-order valence-corrected chi connectivity index (χ4v) is 3.29. The molecule has 1 atom stereocenters. The van der Waals surface area contributed by atoms with Crippen LogP contribution in [-0.4, -0.2) is 17.1 Å². The van der Waals surface area contributed by atoms with E-state index in [2.05, 4.69) is 35.1 Å². The van der Waals surface area contributed by atoms with E-state index >= 15 is 0 Å². The first-order chi connectivity index (χ1) is 9.33. The van der Waals surface area contributed by atoms with Crippen molar-refractivity contribution < 1.29 is 14.3 Å². The molecule has 2 rings (SSSR count). The summed E-state index contributed by atoms with van der Waals surface area (Å²) < 4.78 is 14.3. The molecular formula is C15H19BrFNO2. The minimum atomic E-state index is -1.14. The molecule has 1 aliphatic carbocycles. The van der Waals surface area contributed by atoms with E-state index in [0.29, 0.717) is 5.69 Å². The SMILES string of the molecule is CC1(C)CCCCC1Nc1ccc(C(=O)O)c(Br)c1F. The van der Waals surface area contributed by atoms with Crippen molar-refractivity contribution in [2.45, 2.75) is 45.6 Å². The van der Waals surface area contributed by atoms with Crippen molar-refractivity contribution in [2.75, 3.05) is 5.32 Å². The summed E-state index contributed by atoms with van der Waals surface area (Å²) in [5.41, 5.74) is 0.417. The van der Waals surface area contributed by atoms with E-state index in [-0.39, 0.29) is 21.5 Å². The molecular weight excluding hydrogens is 325 g/mol. The Bertz CT molecular complexity index is 531. The lowest BCUT2D eigenvalue weighted by Gasteiger charge is -2.39. The maximum absolute atomic E-state index is 14.3. The number of carboxylic acid groups (broad SMARTS) is 1. The summed E-state index contributed by atoms with van der Waals surface area (Å²) >= 11 is 3.03. The second-order valence-corrected chi connectivity index (χ2v) is 6.82. The number of halogens is 2.